The van der Waals surface area contributed by atoms with Gasteiger partial charge in [-0.25, -0.2) is 0 Å². The van der Waals surface area contributed by atoms with Crippen LogP contribution in [0.3, 0.4) is 0 Å². The van der Waals surface area contributed by atoms with Crippen LogP contribution in [0, 0.1) is 0 Å². The van der Waals surface area contributed by atoms with Crippen LogP contribution >= 0.6 is 11.3 Å². The summed E-state index contributed by atoms with van der Waals surface area (Å²) in [4.78, 5) is 18.1. The molecule has 0 saturated carbocycles. The Balaban J connectivity index is 1.21. The molecule has 140 valence electrons. The number of amides is 1. The molecule has 2 aromatic heterocycles. The van der Waals surface area contributed by atoms with Crippen LogP contribution < -0.4 is 5.32 Å². The predicted molar refractivity (Wildman–Crippen MR) is 104 cm³/mol. The van der Waals surface area contributed by atoms with E-state index in [0.29, 0.717) is 11.7 Å². The number of aromatic nitrogens is 3. The van der Waals surface area contributed by atoms with E-state index in [1.54, 1.807) is 0 Å². The van der Waals surface area contributed by atoms with Gasteiger partial charge in [0.05, 0.1) is 6.54 Å². The predicted octanol–water partition coefficient (Wildman–Crippen LogP) is 2.87. The van der Waals surface area contributed by atoms with Crippen LogP contribution in [0.1, 0.15) is 35.2 Å². The summed E-state index contributed by atoms with van der Waals surface area (Å²) in [6.45, 7) is 2.76. The number of carbonyl (C=O) groups is 1. The molecule has 1 unspecified atom stereocenters. The van der Waals surface area contributed by atoms with Crippen molar-refractivity contribution in [2.75, 3.05) is 25.0 Å². The number of ether oxygens (including phenoxy) is 1. The number of carbonyl (C=O) groups excluding carboxylic acids is 1. The first-order valence-electron chi connectivity index (χ1n) is 9.32. The second-order valence-electron chi connectivity index (χ2n) is 7.08. The van der Waals surface area contributed by atoms with Gasteiger partial charge in [-0.3, -0.25) is 15.0 Å². The van der Waals surface area contributed by atoms with Gasteiger partial charge in [0.1, 0.15) is 11.1 Å². The molecule has 1 fully saturated rings. The van der Waals surface area contributed by atoms with Gasteiger partial charge < -0.3 is 9.72 Å². The van der Waals surface area contributed by atoms with Crippen molar-refractivity contribution in [2.45, 2.75) is 31.9 Å². The molecule has 1 atom stereocenters. The van der Waals surface area contributed by atoms with E-state index in [4.69, 9.17) is 4.74 Å². The highest BCUT2D eigenvalue weighted by Crippen LogP contribution is 2.32. The SMILES string of the molecule is O=C(CN1CCc2c([nH]c3ccccc23)C1)Nc1nnc(C2CCCO2)s1. The Morgan fingerprint density at radius 1 is 1.37 bits per heavy atom. The topological polar surface area (TPSA) is 83.1 Å². The standard InChI is InChI=1S/C19H21N5O2S/c25-17(21-19-23-22-18(27-19)16-6-3-9-26-16)11-24-8-7-13-12-4-1-2-5-14(12)20-15(13)10-24/h1-2,4-5,16,20H,3,6-11H2,(H,21,23,25). The molecule has 1 aromatic carbocycles. The fourth-order valence-corrected chi connectivity index (χ4v) is 4.78. The summed E-state index contributed by atoms with van der Waals surface area (Å²) in [5.74, 6) is -0.0513. The van der Waals surface area contributed by atoms with Gasteiger partial charge in [0, 0.05) is 36.3 Å². The lowest BCUT2D eigenvalue weighted by Gasteiger charge is -2.26. The van der Waals surface area contributed by atoms with E-state index in [1.807, 2.05) is 6.07 Å². The highest BCUT2D eigenvalue weighted by molar-refractivity contribution is 7.15. The average Bonchev–Trinajstić information content (AvgIpc) is 3.40. The van der Waals surface area contributed by atoms with Gasteiger partial charge in [0.15, 0.2) is 0 Å². The summed E-state index contributed by atoms with van der Waals surface area (Å²) in [7, 11) is 0. The monoisotopic (exact) mass is 383 g/mol. The van der Waals surface area contributed by atoms with Crippen molar-refractivity contribution >= 4 is 33.3 Å². The fourth-order valence-electron chi connectivity index (χ4n) is 3.93. The molecule has 7 nitrogen and oxygen atoms in total. The molecule has 2 aliphatic rings. The molecule has 8 heteroatoms. The molecule has 5 rings (SSSR count). The maximum absolute atomic E-state index is 12.4. The first kappa shape index (κ1) is 16.9. The van der Waals surface area contributed by atoms with Crippen molar-refractivity contribution in [3.63, 3.8) is 0 Å². The van der Waals surface area contributed by atoms with Crippen molar-refractivity contribution in [2.24, 2.45) is 0 Å². The zero-order chi connectivity index (χ0) is 18.2. The minimum atomic E-state index is -0.0513. The third-order valence-corrected chi connectivity index (χ3v) is 6.15. The minimum absolute atomic E-state index is 0.0377. The summed E-state index contributed by atoms with van der Waals surface area (Å²) in [6.07, 6.45) is 3.02. The third-order valence-electron chi connectivity index (χ3n) is 5.22. The van der Waals surface area contributed by atoms with Gasteiger partial charge in [-0.15, -0.1) is 10.2 Å². The third kappa shape index (κ3) is 3.36. The smallest absolute Gasteiger partial charge is 0.240 e. The summed E-state index contributed by atoms with van der Waals surface area (Å²) in [5, 5.41) is 13.8. The van der Waals surface area contributed by atoms with Crippen LogP contribution in [0.2, 0.25) is 0 Å². The van der Waals surface area contributed by atoms with E-state index in [-0.39, 0.29) is 12.0 Å². The van der Waals surface area contributed by atoms with E-state index in [1.165, 1.54) is 33.5 Å². The van der Waals surface area contributed by atoms with Gasteiger partial charge >= 0.3 is 0 Å². The molecule has 0 aliphatic carbocycles. The second kappa shape index (κ2) is 7.03. The van der Waals surface area contributed by atoms with Gasteiger partial charge in [-0.1, -0.05) is 29.5 Å². The zero-order valence-electron chi connectivity index (χ0n) is 14.9. The number of rotatable bonds is 4. The van der Waals surface area contributed by atoms with Crippen LogP contribution in [0.5, 0.6) is 0 Å². The Kier molecular flexibility index (Phi) is 4.39. The number of fused-ring (bicyclic) bond motifs is 3. The molecule has 3 aromatic rings. The normalized spacial score (nSPS) is 20.1. The molecule has 1 saturated heterocycles. The summed E-state index contributed by atoms with van der Waals surface area (Å²) >= 11 is 1.41. The quantitative estimate of drug-likeness (QED) is 0.724. The van der Waals surface area contributed by atoms with Gasteiger partial charge in [0.25, 0.3) is 0 Å². The van der Waals surface area contributed by atoms with E-state index in [2.05, 4.69) is 43.6 Å². The maximum Gasteiger partial charge on any atom is 0.240 e. The lowest BCUT2D eigenvalue weighted by Crippen LogP contribution is -2.37. The Labute approximate surface area is 160 Å². The number of hydrogen-bond donors (Lipinski definition) is 2. The van der Waals surface area contributed by atoms with Crippen LogP contribution in [0.15, 0.2) is 24.3 Å². The van der Waals surface area contributed by atoms with Crippen LogP contribution in [-0.4, -0.2) is 45.7 Å². The van der Waals surface area contributed by atoms with Gasteiger partial charge in [-0.05, 0) is 30.9 Å². The number of anilines is 1. The van der Waals surface area contributed by atoms with Gasteiger partial charge in [-0.2, -0.15) is 0 Å². The first-order chi connectivity index (χ1) is 13.3. The van der Waals surface area contributed by atoms with Gasteiger partial charge in [0.2, 0.25) is 11.0 Å². The summed E-state index contributed by atoms with van der Waals surface area (Å²) in [5.41, 5.74) is 3.77. The number of nitrogens with one attached hydrogen (secondary N) is 2. The largest absolute Gasteiger partial charge is 0.371 e. The molecule has 2 aliphatic heterocycles. The lowest BCUT2D eigenvalue weighted by atomic mass is 10.0. The summed E-state index contributed by atoms with van der Waals surface area (Å²) < 4.78 is 5.62. The fraction of sp³-hybridized carbons (Fsp3) is 0.421. The second-order valence-corrected chi connectivity index (χ2v) is 8.09. The Bertz CT molecular complexity index is 976. The Morgan fingerprint density at radius 3 is 3.19 bits per heavy atom. The molecule has 1 amide bonds. The van der Waals surface area contributed by atoms with E-state index in [0.717, 1.165) is 44.0 Å². The molecule has 4 heterocycles. The minimum Gasteiger partial charge on any atom is -0.371 e. The zero-order valence-corrected chi connectivity index (χ0v) is 15.7. The number of benzene rings is 1. The molecule has 0 spiro atoms. The highest BCUT2D eigenvalue weighted by Gasteiger charge is 2.24. The number of hydrogen-bond acceptors (Lipinski definition) is 6. The van der Waals surface area contributed by atoms with E-state index in [9.17, 15) is 4.79 Å². The van der Waals surface area contributed by atoms with Crippen molar-refractivity contribution in [1.82, 2.24) is 20.1 Å². The highest BCUT2D eigenvalue weighted by atomic mass is 32.1. The van der Waals surface area contributed by atoms with Crippen molar-refractivity contribution in [3.05, 3.63) is 40.5 Å². The molecular weight excluding hydrogens is 362 g/mol. The average molecular weight is 383 g/mol. The van der Waals surface area contributed by atoms with E-state index < -0.39 is 0 Å². The first-order valence-corrected chi connectivity index (χ1v) is 10.1. The number of H-pyrrole nitrogens is 1. The lowest BCUT2D eigenvalue weighted by molar-refractivity contribution is -0.117. The molecule has 0 radical (unpaired) electrons. The van der Waals surface area contributed by atoms with Crippen molar-refractivity contribution in [1.29, 1.82) is 0 Å². The van der Waals surface area contributed by atoms with Crippen LogP contribution in [0.4, 0.5) is 5.13 Å². The van der Waals surface area contributed by atoms with E-state index >= 15 is 0 Å². The maximum atomic E-state index is 12.4. The Hall–Kier alpha value is -2.29. The Morgan fingerprint density at radius 2 is 2.30 bits per heavy atom. The molecule has 0 bridgehead atoms. The van der Waals surface area contributed by atoms with Crippen molar-refractivity contribution in [3.8, 4) is 0 Å². The molecule has 2 N–H and O–H groups in total. The molecule has 27 heavy (non-hydrogen) atoms. The van der Waals surface area contributed by atoms with Crippen LogP contribution in [0.25, 0.3) is 10.9 Å². The summed E-state index contributed by atoms with van der Waals surface area (Å²) in [6, 6.07) is 8.38. The number of para-hydroxylation sites is 1. The number of nitrogens with zero attached hydrogens (tertiary/aromatic N) is 3. The van der Waals surface area contributed by atoms with Crippen LogP contribution in [-0.2, 0) is 22.5 Å². The van der Waals surface area contributed by atoms with Crippen molar-refractivity contribution < 1.29 is 9.53 Å². The molecular formula is C19H21N5O2S. The number of aromatic amines is 1.